The van der Waals surface area contributed by atoms with Gasteiger partial charge in [-0.2, -0.15) is 0 Å². The summed E-state index contributed by atoms with van der Waals surface area (Å²) in [7, 11) is 0. The lowest BCUT2D eigenvalue weighted by atomic mass is 10.00. The highest BCUT2D eigenvalue weighted by molar-refractivity contribution is 7.26. The molecule has 0 atom stereocenters. The quantitative estimate of drug-likeness (QED) is 0.156. The summed E-state index contributed by atoms with van der Waals surface area (Å²) in [6.45, 7) is 0. The highest BCUT2D eigenvalue weighted by Gasteiger charge is 2.19. The Morgan fingerprint density at radius 3 is 1.67 bits per heavy atom. The van der Waals surface area contributed by atoms with Gasteiger partial charge in [0.25, 0.3) is 0 Å². The van der Waals surface area contributed by atoms with Gasteiger partial charge >= 0.3 is 0 Å². The van der Waals surface area contributed by atoms with Crippen molar-refractivity contribution >= 4 is 81.1 Å². The van der Waals surface area contributed by atoms with Crippen LogP contribution in [-0.4, -0.2) is 4.57 Å². The zero-order valence-electron chi connectivity index (χ0n) is 33.2. The number of rotatable bonds is 7. The second-order valence-electron chi connectivity index (χ2n) is 15.7. The summed E-state index contributed by atoms with van der Waals surface area (Å²) < 4.78 is 5.05. The van der Waals surface area contributed by atoms with Crippen LogP contribution in [0.2, 0.25) is 0 Å². The van der Waals surface area contributed by atoms with E-state index in [1.54, 1.807) is 0 Å². The molecule has 0 aliphatic heterocycles. The van der Waals surface area contributed by atoms with Crippen molar-refractivity contribution < 1.29 is 0 Å². The largest absolute Gasteiger partial charge is 0.310 e. The number of aromatic nitrogens is 1. The van der Waals surface area contributed by atoms with Crippen molar-refractivity contribution in [2.45, 2.75) is 0 Å². The minimum Gasteiger partial charge on any atom is -0.310 e. The second-order valence-corrected chi connectivity index (χ2v) is 16.8. The molecule has 2 aromatic heterocycles. The molecule has 0 spiro atoms. The molecule has 0 saturated carbocycles. The standard InChI is InChI=1S/C58H38N2S/c1-2-13-41(14-3-1)48-17-6-9-22-54(48)59(46-35-29-42(30-36-46)49-20-12-21-52-51-19-8-11-24-57(51)61-58(49)52)45-31-25-39(26-32-45)40-27-33-47(34-28-40)60-55-23-10-7-18-50(55)53-37-43-15-4-5-16-44(43)38-56(53)60/h1-38H. The highest BCUT2D eigenvalue weighted by Crippen LogP contribution is 2.44. The van der Waals surface area contributed by atoms with E-state index in [9.17, 15) is 0 Å². The first-order chi connectivity index (χ1) is 30.2. The molecule has 0 saturated heterocycles. The molecule has 0 radical (unpaired) electrons. The van der Waals surface area contributed by atoms with E-state index in [1.165, 1.54) is 86.1 Å². The van der Waals surface area contributed by atoms with Gasteiger partial charge in [-0.1, -0.05) is 164 Å². The smallest absolute Gasteiger partial charge is 0.0547 e. The van der Waals surface area contributed by atoms with Crippen LogP contribution >= 0.6 is 11.3 Å². The van der Waals surface area contributed by atoms with Gasteiger partial charge in [0.05, 0.1) is 16.7 Å². The van der Waals surface area contributed by atoms with E-state index < -0.39 is 0 Å². The normalized spacial score (nSPS) is 11.6. The van der Waals surface area contributed by atoms with Crippen LogP contribution in [0.15, 0.2) is 231 Å². The molecule has 0 aliphatic rings. The van der Waals surface area contributed by atoms with Gasteiger partial charge in [0.1, 0.15) is 0 Å². The van der Waals surface area contributed by atoms with Crippen molar-refractivity contribution in [2.24, 2.45) is 0 Å². The summed E-state index contributed by atoms with van der Waals surface area (Å²) in [6, 6.07) is 84.0. The molecular formula is C58H38N2S. The first kappa shape index (κ1) is 35.2. The third-order valence-electron chi connectivity index (χ3n) is 12.2. The van der Waals surface area contributed by atoms with Gasteiger partial charge in [-0.05, 0) is 105 Å². The molecule has 12 aromatic rings. The fourth-order valence-corrected chi connectivity index (χ4v) is 10.5. The van der Waals surface area contributed by atoms with Gasteiger partial charge in [0, 0.05) is 53.6 Å². The van der Waals surface area contributed by atoms with Gasteiger partial charge in [-0.3, -0.25) is 0 Å². The number of hydrogen-bond donors (Lipinski definition) is 0. The van der Waals surface area contributed by atoms with Crippen molar-refractivity contribution in [3.63, 3.8) is 0 Å². The minimum absolute atomic E-state index is 1.10. The van der Waals surface area contributed by atoms with E-state index in [1.807, 2.05) is 11.3 Å². The van der Waals surface area contributed by atoms with Crippen molar-refractivity contribution in [1.29, 1.82) is 0 Å². The van der Waals surface area contributed by atoms with Crippen LogP contribution < -0.4 is 4.90 Å². The van der Waals surface area contributed by atoms with Crippen LogP contribution in [0.4, 0.5) is 17.1 Å². The van der Waals surface area contributed by atoms with Gasteiger partial charge < -0.3 is 9.47 Å². The third kappa shape index (κ3) is 6.01. The molecule has 61 heavy (non-hydrogen) atoms. The lowest BCUT2D eigenvalue weighted by molar-refractivity contribution is 1.18. The Morgan fingerprint density at radius 2 is 0.902 bits per heavy atom. The van der Waals surface area contributed by atoms with E-state index in [4.69, 9.17) is 0 Å². The monoisotopic (exact) mass is 794 g/mol. The number of benzene rings is 10. The lowest BCUT2D eigenvalue weighted by Crippen LogP contribution is -2.11. The SMILES string of the molecule is c1ccc(-c2ccccc2N(c2ccc(-c3ccc(-n4c5ccccc5c5cc6ccccc6cc54)cc3)cc2)c2ccc(-c3cccc4c3sc3ccccc34)cc2)cc1. The predicted octanol–water partition coefficient (Wildman–Crippen LogP) is 16.8. The van der Waals surface area contributed by atoms with Gasteiger partial charge in [0.2, 0.25) is 0 Å². The number of anilines is 3. The van der Waals surface area contributed by atoms with Crippen molar-refractivity contribution in [3.05, 3.63) is 231 Å². The zero-order valence-corrected chi connectivity index (χ0v) is 34.1. The summed E-state index contributed by atoms with van der Waals surface area (Å²) >= 11 is 1.88. The number of thiophene rings is 1. The van der Waals surface area contributed by atoms with Gasteiger partial charge in [-0.15, -0.1) is 11.3 Å². The fraction of sp³-hybridized carbons (Fsp3) is 0. The molecule has 0 fully saturated rings. The number of fused-ring (bicyclic) bond motifs is 7. The van der Waals surface area contributed by atoms with Crippen LogP contribution in [-0.2, 0) is 0 Å². The van der Waals surface area contributed by atoms with Crippen LogP contribution in [0.3, 0.4) is 0 Å². The highest BCUT2D eigenvalue weighted by atomic mass is 32.1. The minimum atomic E-state index is 1.10. The molecule has 0 N–H and O–H groups in total. The molecule has 2 heterocycles. The van der Waals surface area contributed by atoms with E-state index in [-0.39, 0.29) is 0 Å². The maximum atomic E-state index is 2.40. The Morgan fingerprint density at radius 1 is 0.344 bits per heavy atom. The molecule has 0 bridgehead atoms. The van der Waals surface area contributed by atoms with E-state index in [2.05, 4.69) is 240 Å². The Hall–Kier alpha value is -7.72. The van der Waals surface area contributed by atoms with Crippen molar-refractivity contribution in [3.8, 4) is 39.1 Å². The van der Waals surface area contributed by atoms with E-state index in [0.29, 0.717) is 0 Å². The molecule has 0 amide bonds. The third-order valence-corrected chi connectivity index (χ3v) is 13.4. The molecule has 286 valence electrons. The summed E-state index contributed by atoms with van der Waals surface area (Å²) in [5, 5.41) is 7.69. The summed E-state index contributed by atoms with van der Waals surface area (Å²) in [5.41, 5.74) is 14.1. The van der Waals surface area contributed by atoms with E-state index in [0.717, 1.165) is 22.7 Å². The molecule has 3 heteroatoms. The van der Waals surface area contributed by atoms with Gasteiger partial charge in [-0.25, -0.2) is 0 Å². The summed E-state index contributed by atoms with van der Waals surface area (Å²) in [6.07, 6.45) is 0. The molecule has 10 aromatic carbocycles. The molecule has 0 aliphatic carbocycles. The van der Waals surface area contributed by atoms with Crippen molar-refractivity contribution in [2.75, 3.05) is 4.90 Å². The molecule has 0 unspecified atom stereocenters. The zero-order chi connectivity index (χ0) is 40.3. The fourth-order valence-electron chi connectivity index (χ4n) is 9.26. The summed E-state index contributed by atoms with van der Waals surface area (Å²) in [4.78, 5) is 2.39. The lowest BCUT2D eigenvalue weighted by Gasteiger charge is -2.28. The average Bonchev–Trinajstić information content (AvgIpc) is 3.87. The van der Waals surface area contributed by atoms with Crippen LogP contribution in [0.25, 0.3) is 91.8 Å². The van der Waals surface area contributed by atoms with Crippen LogP contribution in [0, 0.1) is 0 Å². The number of hydrogen-bond acceptors (Lipinski definition) is 2. The molecular weight excluding hydrogens is 757 g/mol. The van der Waals surface area contributed by atoms with E-state index >= 15 is 0 Å². The van der Waals surface area contributed by atoms with Crippen LogP contribution in [0.1, 0.15) is 0 Å². The second kappa shape index (κ2) is 14.5. The maximum absolute atomic E-state index is 2.40. The topological polar surface area (TPSA) is 8.17 Å². The Kier molecular flexibility index (Phi) is 8.39. The Balaban J connectivity index is 0.924. The van der Waals surface area contributed by atoms with Crippen LogP contribution in [0.5, 0.6) is 0 Å². The first-order valence-electron chi connectivity index (χ1n) is 20.8. The maximum Gasteiger partial charge on any atom is 0.0547 e. The summed E-state index contributed by atoms with van der Waals surface area (Å²) in [5.74, 6) is 0. The number of nitrogens with zero attached hydrogens (tertiary/aromatic N) is 2. The Labute approximate surface area is 358 Å². The molecule has 2 nitrogen and oxygen atoms in total. The first-order valence-corrected chi connectivity index (χ1v) is 21.6. The van der Waals surface area contributed by atoms with Gasteiger partial charge in [0.15, 0.2) is 0 Å². The van der Waals surface area contributed by atoms with Crippen molar-refractivity contribution in [1.82, 2.24) is 4.57 Å². The molecule has 12 rings (SSSR count). The Bertz CT molecular complexity index is 3560. The average molecular weight is 795 g/mol. The predicted molar refractivity (Wildman–Crippen MR) is 262 cm³/mol. The number of para-hydroxylation sites is 2.